The van der Waals surface area contributed by atoms with Gasteiger partial charge in [0.25, 0.3) is 0 Å². The summed E-state index contributed by atoms with van der Waals surface area (Å²) in [6, 6.07) is 9.69. The van der Waals surface area contributed by atoms with Crippen LogP contribution >= 0.6 is 0 Å². The number of carbonyl (C=O) groups is 2. The Balaban J connectivity index is 1.32. The lowest BCUT2D eigenvalue weighted by atomic mass is 9.83. The summed E-state index contributed by atoms with van der Waals surface area (Å²) >= 11 is 0. The van der Waals surface area contributed by atoms with E-state index in [2.05, 4.69) is 0 Å². The van der Waals surface area contributed by atoms with Crippen molar-refractivity contribution >= 4 is 11.9 Å². The molecule has 21 heteroatoms. The molecule has 2 aliphatic heterocycles. The molecule has 0 saturated heterocycles. The van der Waals surface area contributed by atoms with Crippen molar-refractivity contribution in [3.05, 3.63) is 100 Å². The largest absolute Gasteiger partial charge is 0.508 e. The average molecular weight is 899 g/mol. The zero-order valence-corrected chi connectivity index (χ0v) is 32.7. The minimum atomic E-state index is -1.76. The van der Waals surface area contributed by atoms with Gasteiger partial charge in [-0.05, 0) is 48.0 Å². The number of aromatic hydroxyl groups is 15. The van der Waals surface area contributed by atoms with Crippen molar-refractivity contribution in [2.24, 2.45) is 0 Å². The summed E-state index contributed by atoms with van der Waals surface area (Å²) in [7, 11) is 0. The molecule has 0 spiro atoms. The first-order chi connectivity index (χ1) is 30.7. The standard InChI is InChI=1S/C44H34O21/c45-16-5-23(47)20-12-34(64-43(60)14-1-27(51)37(56)28(52)2-14)41(62-32(20)7-16)19-10-26(50)25(49)9-18(19)36-22(11-31(55)39(58)40(36)59)42-35(13-21-24(48)6-17(46)8-33(21)63-42)65-44(61)15-3-29(53)38(57)30(54)4-15/h1-11,34-35,41-42,45-59H,12-13H2/t34?,35?,41-,42+/m1/s1. The van der Waals surface area contributed by atoms with Crippen molar-refractivity contribution in [2.75, 3.05) is 0 Å². The quantitative estimate of drug-likeness (QED) is 0.0759. The van der Waals surface area contributed by atoms with Crippen LogP contribution in [0, 0.1) is 0 Å². The van der Waals surface area contributed by atoms with Crippen molar-refractivity contribution in [2.45, 2.75) is 37.3 Å². The maximum absolute atomic E-state index is 13.7. The minimum absolute atomic E-state index is 0.0238. The van der Waals surface area contributed by atoms with Crippen LogP contribution in [0.5, 0.6) is 97.7 Å². The monoisotopic (exact) mass is 898 g/mol. The molecule has 2 unspecified atom stereocenters. The molecule has 0 radical (unpaired) electrons. The Hall–Kier alpha value is -9.14. The van der Waals surface area contributed by atoms with Gasteiger partial charge >= 0.3 is 11.9 Å². The lowest BCUT2D eigenvalue weighted by molar-refractivity contribution is -0.0196. The van der Waals surface area contributed by atoms with E-state index >= 15 is 0 Å². The molecule has 0 bridgehead atoms. The summed E-state index contributed by atoms with van der Waals surface area (Å²) in [6.07, 6.45) is -7.62. The van der Waals surface area contributed by atoms with Gasteiger partial charge in [-0.3, -0.25) is 0 Å². The van der Waals surface area contributed by atoms with Gasteiger partial charge in [-0.1, -0.05) is 0 Å². The average Bonchev–Trinajstić information content (AvgIpc) is 3.24. The second-order valence-electron chi connectivity index (χ2n) is 15.0. The number of esters is 2. The highest BCUT2D eigenvalue weighted by Crippen LogP contribution is 2.55. The van der Waals surface area contributed by atoms with Crippen molar-refractivity contribution < 1.29 is 105 Å². The zero-order chi connectivity index (χ0) is 46.9. The number of fused-ring (bicyclic) bond motifs is 2. The first kappa shape index (κ1) is 42.5. The maximum atomic E-state index is 13.7. The number of phenols is 15. The van der Waals surface area contributed by atoms with Crippen LogP contribution in [-0.4, -0.2) is 101 Å². The van der Waals surface area contributed by atoms with Crippen molar-refractivity contribution in [3.8, 4) is 109 Å². The van der Waals surface area contributed by atoms with Crippen LogP contribution < -0.4 is 9.47 Å². The fourth-order valence-electron chi connectivity index (χ4n) is 7.70. The highest BCUT2D eigenvalue weighted by molar-refractivity contribution is 5.92. The molecule has 8 rings (SSSR count). The molecule has 0 saturated carbocycles. The lowest BCUT2D eigenvalue weighted by Crippen LogP contribution is -2.36. The van der Waals surface area contributed by atoms with Gasteiger partial charge in [0.15, 0.2) is 69.7 Å². The van der Waals surface area contributed by atoms with E-state index in [4.69, 9.17) is 18.9 Å². The molecule has 6 aromatic rings. The fourth-order valence-corrected chi connectivity index (χ4v) is 7.70. The lowest BCUT2D eigenvalue weighted by Gasteiger charge is -2.36. The third-order valence-electron chi connectivity index (χ3n) is 10.8. The first-order valence-electron chi connectivity index (χ1n) is 18.9. The summed E-state index contributed by atoms with van der Waals surface area (Å²) in [4.78, 5) is 27.3. The normalized spacial score (nSPS) is 17.5. The molecule has 0 amide bonds. The summed E-state index contributed by atoms with van der Waals surface area (Å²) < 4.78 is 24.0. The molecule has 0 fully saturated rings. The van der Waals surface area contributed by atoms with Gasteiger partial charge in [0.05, 0.1) is 11.1 Å². The van der Waals surface area contributed by atoms with Crippen molar-refractivity contribution in [3.63, 3.8) is 0 Å². The van der Waals surface area contributed by atoms with Crippen LogP contribution in [0.15, 0.2) is 66.7 Å². The molecule has 0 aromatic heterocycles. The fraction of sp³-hybridized carbons (Fsp3) is 0.136. The molecule has 336 valence electrons. The number of ether oxygens (including phenoxy) is 4. The second-order valence-corrected chi connectivity index (χ2v) is 15.0. The van der Waals surface area contributed by atoms with Gasteiger partial charge in [-0.25, -0.2) is 9.59 Å². The molecule has 21 nitrogen and oxygen atoms in total. The van der Waals surface area contributed by atoms with E-state index in [1.54, 1.807) is 0 Å². The Bertz CT molecular complexity index is 2930. The topological polar surface area (TPSA) is 375 Å². The van der Waals surface area contributed by atoms with Gasteiger partial charge in [0.1, 0.15) is 46.7 Å². The third kappa shape index (κ3) is 7.51. The van der Waals surface area contributed by atoms with E-state index < -0.39 is 158 Å². The maximum Gasteiger partial charge on any atom is 0.338 e. The second kappa shape index (κ2) is 15.6. The van der Waals surface area contributed by atoms with Crippen molar-refractivity contribution in [1.29, 1.82) is 0 Å². The summed E-state index contributed by atoms with van der Waals surface area (Å²) in [5.41, 5.74) is -2.72. The number of benzene rings is 6. The van der Waals surface area contributed by atoms with Crippen LogP contribution in [-0.2, 0) is 22.3 Å². The Labute approximate surface area is 362 Å². The minimum Gasteiger partial charge on any atom is -0.508 e. The highest BCUT2D eigenvalue weighted by atomic mass is 16.6. The molecule has 2 aliphatic rings. The Morgan fingerprint density at radius 2 is 0.800 bits per heavy atom. The smallest absolute Gasteiger partial charge is 0.338 e. The van der Waals surface area contributed by atoms with E-state index in [1.807, 2.05) is 0 Å². The predicted octanol–water partition coefficient (Wildman–Crippen LogP) is 4.74. The molecule has 2 heterocycles. The number of hydrogen-bond donors (Lipinski definition) is 15. The van der Waals surface area contributed by atoms with E-state index in [-0.39, 0.29) is 33.8 Å². The summed E-state index contributed by atoms with van der Waals surface area (Å²) in [5, 5.41) is 158. The van der Waals surface area contributed by atoms with Crippen LogP contribution in [0.25, 0.3) is 11.1 Å². The number of phenolic OH excluding ortho intramolecular Hbond substituents is 15. The molecule has 6 aromatic carbocycles. The molecule has 15 N–H and O–H groups in total. The zero-order valence-electron chi connectivity index (χ0n) is 32.7. The summed E-state index contributed by atoms with van der Waals surface area (Å²) in [6.45, 7) is 0. The van der Waals surface area contributed by atoms with Crippen LogP contribution in [0.3, 0.4) is 0 Å². The first-order valence-corrected chi connectivity index (χ1v) is 18.9. The van der Waals surface area contributed by atoms with E-state index in [0.29, 0.717) is 0 Å². The van der Waals surface area contributed by atoms with E-state index in [9.17, 15) is 86.2 Å². The van der Waals surface area contributed by atoms with Crippen molar-refractivity contribution in [1.82, 2.24) is 0 Å². The number of rotatable bonds is 7. The Kier molecular flexibility index (Phi) is 10.2. The van der Waals surface area contributed by atoms with Crippen LogP contribution in [0.4, 0.5) is 0 Å². The molecule has 65 heavy (non-hydrogen) atoms. The molecular weight excluding hydrogens is 864 g/mol. The predicted molar refractivity (Wildman–Crippen MR) is 215 cm³/mol. The number of hydrogen-bond acceptors (Lipinski definition) is 21. The molecule has 4 atom stereocenters. The third-order valence-corrected chi connectivity index (χ3v) is 10.8. The van der Waals surface area contributed by atoms with Gasteiger partial charge in [-0.2, -0.15) is 0 Å². The Morgan fingerprint density at radius 3 is 1.25 bits per heavy atom. The SMILES string of the molecule is O=C(OC1Cc2c(O)cc(O)cc2O[C@@H]1c1cc(O)c(O)cc1-c1c([C@@H]2Oc3cc(O)cc(O)c3CC2OC(=O)c2cc(O)c(O)c(O)c2)cc(O)c(O)c1O)c1cc(O)c(O)c(O)c1. The van der Waals surface area contributed by atoms with Gasteiger partial charge in [-0.15, -0.1) is 0 Å². The van der Waals surface area contributed by atoms with Gasteiger partial charge in [0.2, 0.25) is 5.75 Å². The highest BCUT2D eigenvalue weighted by Gasteiger charge is 2.43. The van der Waals surface area contributed by atoms with Crippen LogP contribution in [0.1, 0.15) is 55.2 Å². The van der Waals surface area contributed by atoms with Gasteiger partial charge in [0, 0.05) is 64.9 Å². The summed E-state index contributed by atoms with van der Waals surface area (Å²) in [5.74, 6) is -15.6. The number of carbonyl (C=O) groups excluding carboxylic acids is 2. The van der Waals surface area contributed by atoms with Gasteiger partial charge < -0.3 is 95.5 Å². The molecule has 0 aliphatic carbocycles. The van der Waals surface area contributed by atoms with Crippen LogP contribution in [0.2, 0.25) is 0 Å². The Morgan fingerprint density at radius 1 is 0.415 bits per heavy atom. The van der Waals surface area contributed by atoms with E-state index in [1.165, 1.54) is 0 Å². The molecular formula is C44H34O21. The van der Waals surface area contributed by atoms with E-state index in [0.717, 1.165) is 66.7 Å².